The molecule has 0 unspecified atom stereocenters. The molecule has 0 atom stereocenters. The van der Waals surface area contributed by atoms with Crippen LogP contribution in [0.2, 0.25) is 5.02 Å². The van der Waals surface area contributed by atoms with E-state index in [1.54, 1.807) is 54.6 Å². The molecule has 0 heterocycles. The highest BCUT2D eigenvalue weighted by atomic mass is 79.9. The van der Waals surface area contributed by atoms with Crippen molar-refractivity contribution in [3.05, 3.63) is 98.7 Å². The molecule has 0 saturated heterocycles. The summed E-state index contributed by atoms with van der Waals surface area (Å²) in [5, 5.41) is 4.51. The number of hydrazone groups is 1. The van der Waals surface area contributed by atoms with E-state index in [4.69, 9.17) is 16.3 Å². The lowest BCUT2D eigenvalue weighted by atomic mass is 10.2. The molecule has 7 heteroatoms. The Morgan fingerprint density at radius 3 is 2.64 bits per heavy atom. The number of nitrogens with zero attached hydrogens (tertiary/aromatic N) is 1. The Bertz CT molecular complexity index is 1010. The molecule has 0 saturated carbocycles. The minimum Gasteiger partial charge on any atom is -0.488 e. The lowest BCUT2D eigenvalue weighted by molar-refractivity contribution is 0.0955. The molecule has 0 aliphatic rings. The fourth-order valence-electron chi connectivity index (χ4n) is 2.33. The minimum atomic E-state index is -0.331. The van der Waals surface area contributed by atoms with E-state index in [1.165, 1.54) is 18.3 Å². The van der Waals surface area contributed by atoms with Crippen LogP contribution in [0.4, 0.5) is 4.39 Å². The second-order valence-corrected chi connectivity index (χ2v) is 7.11. The number of hydrogen-bond acceptors (Lipinski definition) is 3. The molecule has 28 heavy (non-hydrogen) atoms. The van der Waals surface area contributed by atoms with Crippen molar-refractivity contribution in [2.45, 2.75) is 6.61 Å². The van der Waals surface area contributed by atoms with Gasteiger partial charge < -0.3 is 4.74 Å². The molecule has 3 rings (SSSR count). The van der Waals surface area contributed by atoms with Crippen molar-refractivity contribution in [2.75, 3.05) is 0 Å². The van der Waals surface area contributed by atoms with Crippen LogP contribution < -0.4 is 10.2 Å². The van der Waals surface area contributed by atoms with Crippen LogP contribution in [-0.2, 0) is 6.61 Å². The average Bonchev–Trinajstić information content (AvgIpc) is 2.68. The van der Waals surface area contributed by atoms with Crippen molar-refractivity contribution < 1.29 is 13.9 Å². The summed E-state index contributed by atoms with van der Waals surface area (Å²) in [6, 6.07) is 18.1. The Morgan fingerprint density at radius 1 is 1.14 bits per heavy atom. The topological polar surface area (TPSA) is 50.7 Å². The van der Waals surface area contributed by atoms with Gasteiger partial charge in [-0.25, -0.2) is 9.82 Å². The van der Waals surface area contributed by atoms with E-state index in [2.05, 4.69) is 26.5 Å². The molecular weight excluding hydrogens is 447 g/mol. The molecule has 1 N–H and O–H groups in total. The summed E-state index contributed by atoms with van der Waals surface area (Å²) in [6.07, 6.45) is 1.52. The number of benzene rings is 3. The standard InChI is InChI=1S/C21H15BrClFN2O2/c22-19-11-14(12-25-26-21(27)16-5-7-17(23)8-6-16)4-9-20(19)28-13-15-2-1-3-18(24)10-15/h1-12H,13H2,(H,26,27)/b25-12-. The average molecular weight is 462 g/mol. The number of carbonyl (C=O) groups excluding carboxylic acids is 1. The Kier molecular flexibility index (Phi) is 6.79. The highest BCUT2D eigenvalue weighted by Gasteiger charge is 2.05. The van der Waals surface area contributed by atoms with Gasteiger partial charge in [0.05, 0.1) is 10.7 Å². The van der Waals surface area contributed by atoms with Crippen LogP contribution in [0.15, 0.2) is 76.3 Å². The van der Waals surface area contributed by atoms with Gasteiger partial charge in [-0.1, -0.05) is 23.7 Å². The maximum atomic E-state index is 13.2. The quantitative estimate of drug-likeness (QED) is 0.385. The van der Waals surface area contributed by atoms with Crippen LogP contribution in [0.3, 0.4) is 0 Å². The molecule has 4 nitrogen and oxygen atoms in total. The third-order valence-electron chi connectivity index (χ3n) is 3.73. The van der Waals surface area contributed by atoms with Crippen LogP contribution in [-0.4, -0.2) is 12.1 Å². The van der Waals surface area contributed by atoms with Gasteiger partial charge >= 0.3 is 0 Å². The smallest absolute Gasteiger partial charge is 0.271 e. The van der Waals surface area contributed by atoms with Crippen molar-refractivity contribution in [3.63, 3.8) is 0 Å². The molecule has 0 aliphatic carbocycles. The number of hydrogen-bond donors (Lipinski definition) is 1. The summed E-state index contributed by atoms with van der Waals surface area (Å²) in [6.45, 7) is 0.251. The molecule has 3 aromatic rings. The first-order valence-corrected chi connectivity index (χ1v) is 9.44. The number of halogens is 3. The van der Waals surface area contributed by atoms with Crippen molar-refractivity contribution in [3.8, 4) is 5.75 Å². The number of nitrogens with one attached hydrogen (secondary N) is 1. The molecule has 0 fully saturated rings. The van der Waals surface area contributed by atoms with E-state index in [9.17, 15) is 9.18 Å². The molecule has 0 spiro atoms. The van der Waals surface area contributed by atoms with Gasteiger partial charge in [-0.15, -0.1) is 0 Å². The Morgan fingerprint density at radius 2 is 1.93 bits per heavy atom. The molecule has 0 aromatic heterocycles. The third kappa shape index (κ3) is 5.65. The Hall–Kier alpha value is -2.70. The maximum absolute atomic E-state index is 13.2. The highest BCUT2D eigenvalue weighted by Crippen LogP contribution is 2.26. The predicted octanol–water partition coefficient (Wildman–Crippen LogP) is 5.58. The van der Waals surface area contributed by atoms with Crippen LogP contribution in [0, 0.1) is 5.82 Å². The van der Waals surface area contributed by atoms with Gasteiger partial charge in [0.1, 0.15) is 18.2 Å². The van der Waals surface area contributed by atoms with E-state index < -0.39 is 0 Å². The molecular formula is C21H15BrClFN2O2. The zero-order chi connectivity index (χ0) is 19.9. The predicted molar refractivity (Wildman–Crippen MR) is 111 cm³/mol. The third-order valence-corrected chi connectivity index (χ3v) is 4.60. The fraction of sp³-hybridized carbons (Fsp3) is 0.0476. The van der Waals surface area contributed by atoms with E-state index in [0.717, 1.165) is 15.6 Å². The second-order valence-electron chi connectivity index (χ2n) is 5.81. The van der Waals surface area contributed by atoms with Crippen LogP contribution in [0.1, 0.15) is 21.5 Å². The largest absolute Gasteiger partial charge is 0.488 e. The molecule has 0 bridgehead atoms. The SMILES string of the molecule is O=C(N/N=C\c1ccc(OCc2cccc(F)c2)c(Br)c1)c1ccc(Cl)cc1. The minimum absolute atomic E-state index is 0.251. The van der Waals surface area contributed by atoms with Crippen molar-refractivity contribution in [2.24, 2.45) is 5.10 Å². The Balaban J connectivity index is 1.58. The van der Waals surface area contributed by atoms with Crippen LogP contribution in [0.25, 0.3) is 0 Å². The monoisotopic (exact) mass is 460 g/mol. The second kappa shape index (κ2) is 9.48. The van der Waals surface area contributed by atoms with Gasteiger partial charge in [0.2, 0.25) is 0 Å². The summed E-state index contributed by atoms with van der Waals surface area (Å²) in [7, 11) is 0. The van der Waals surface area contributed by atoms with Crippen molar-refractivity contribution in [1.29, 1.82) is 0 Å². The Labute approximate surface area is 175 Å². The summed E-state index contributed by atoms with van der Waals surface area (Å²) in [5.74, 6) is -0.0130. The number of rotatable bonds is 6. The zero-order valence-electron chi connectivity index (χ0n) is 14.5. The van der Waals surface area contributed by atoms with E-state index >= 15 is 0 Å². The highest BCUT2D eigenvalue weighted by molar-refractivity contribution is 9.10. The number of carbonyl (C=O) groups is 1. The first-order valence-electron chi connectivity index (χ1n) is 8.27. The number of ether oxygens (including phenoxy) is 1. The summed E-state index contributed by atoms with van der Waals surface area (Å²) >= 11 is 9.24. The molecule has 1 amide bonds. The van der Waals surface area contributed by atoms with E-state index in [0.29, 0.717) is 16.3 Å². The van der Waals surface area contributed by atoms with Gasteiger partial charge in [0, 0.05) is 10.6 Å². The first kappa shape index (κ1) is 20.0. The summed E-state index contributed by atoms with van der Waals surface area (Å²) < 4.78 is 19.6. The zero-order valence-corrected chi connectivity index (χ0v) is 16.9. The van der Waals surface area contributed by atoms with E-state index in [-0.39, 0.29) is 18.3 Å². The van der Waals surface area contributed by atoms with Gasteiger partial charge in [-0.05, 0) is 81.7 Å². The van der Waals surface area contributed by atoms with Gasteiger partial charge in [-0.3, -0.25) is 4.79 Å². The number of amides is 1. The van der Waals surface area contributed by atoms with Crippen molar-refractivity contribution in [1.82, 2.24) is 5.43 Å². The van der Waals surface area contributed by atoms with Crippen molar-refractivity contribution >= 4 is 39.7 Å². The first-order chi connectivity index (χ1) is 13.5. The van der Waals surface area contributed by atoms with Gasteiger partial charge in [0.15, 0.2) is 0 Å². The lowest BCUT2D eigenvalue weighted by Gasteiger charge is -2.09. The summed E-state index contributed by atoms with van der Waals surface area (Å²) in [4.78, 5) is 12.0. The van der Waals surface area contributed by atoms with Gasteiger partial charge in [0.25, 0.3) is 5.91 Å². The molecule has 0 radical (unpaired) electrons. The fourth-order valence-corrected chi connectivity index (χ4v) is 2.97. The van der Waals surface area contributed by atoms with Crippen LogP contribution in [0.5, 0.6) is 5.75 Å². The maximum Gasteiger partial charge on any atom is 0.271 e. The molecule has 142 valence electrons. The van der Waals surface area contributed by atoms with E-state index in [1.807, 2.05) is 0 Å². The molecule has 3 aromatic carbocycles. The summed E-state index contributed by atoms with van der Waals surface area (Å²) in [5.41, 5.74) is 4.42. The van der Waals surface area contributed by atoms with Gasteiger partial charge in [-0.2, -0.15) is 5.10 Å². The molecule has 0 aliphatic heterocycles. The normalized spacial score (nSPS) is 10.8. The van der Waals surface area contributed by atoms with Crippen LogP contribution >= 0.6 is 27.5 Å². The lowest BCUT2D eigenvalue weighted by Crippen LogP contribution is -2.17.